The van der Waals surface area contributed by atoms with Crippen molar-refractivity contribution in [2.24, 2.45) is 5.10 Å². The van der Waals surface area contributed by atoms with Crippen molar-refractivity contribution >= 4 is 11.8 Å². The summed E-state index contributed by atoms with van der Waals surface area (Å²) in [6.07, 6.45) is -4.25. The Morgan fingerprint density at radius 2 is 2.10 bits per heavy atom. The minimum Gasteiger partial charge on any atom is -0.448 e. The minimum absolute atomic E-state index is 0.0117. The van der Waals surface area contributed by atoms with Crippen LogP contribution in [0.1, 0.15) is 46.0 Å². The molecule has 0 saturated carbocycles. The number of hydrogen-bond donors (Lipinski definition) is 1. The Hall–Kier alpha value is -1.31. The van der Waals surface area contributed by atoms with Gasteiger partial charge in [0.25, 0.3) is 5.72 Å². The molecule has 0 bridgehead atoms. The molecule has 1 heterocycles. The quantitative estimate of drug-likeness (QED) is 0.793. The molecule has 0 aromatic heterocycles. The third-order valence-corrected chi connectivity index (χ3v) is 3.01. The van der Waals surface area contributed by atoms with Gasteiger partial charge in [-0.1, -0.05) is 19.8 Å². The average Bonchev–Trinajstić information content (AvgIpc) is 2.68. The molecule has 5 nitrogen and oxygen atoms in total. The Labute approximate surface area is 115 Å². The van der Waals surface area contributed by atoms with Gasteiger partial charge in [0.2, 0.25) is 0 Å². The molecule has 1 atom stereocenters. The number of halogens is 3. The maximum Gasteiger partial charge on any atom is 0.439 e. The SMILES string of the molecule is CCCCCC1=NN(C(=O)OCC)[C@@](O)(C(F)(F)F)C1. The Kier molecular flexibility index (Phi) is 5.38. The monoisotopic (exact) mass is 296 g/mol. The highest BCUT2D eigenvalue weighted by atomic mass is 19.4. The van der Waals surface area contributed by atoms with E-state index in [1.54, 1.807) is 0 Å². The summed E-state index contributed by atoms with van der Waals surface area (Å²) >= 11 is 0. The first-order chi connectivity index (χ1) is 9.26. The zero-order chi connectivity index (χ0) is 15.4. The third-order valence-electron chi connectivity index (χ3n) is 3.01. The first-order valence-electron chi connectivity index (χ1n) is 6.58. The summed E-state index contributed by atoms with van der Waals surface area (Å²) in [5.41, 5.74) is -3.15. The molecule has 1 aliphatic heterocycles. The summed E-state index contributed by atoms with van der Waals surface area (Å²) in [6, 6.07) is 0. The third kappa shape index (κ3) is 3.41. The van der Waals surface area contributed by atoms with Crippen LogP contribution in [0, 0.1) is 0 Å². The van der Waals surface area contributed by atoms with E-state index in [-0.39, 0.29) is 17.3 Å². The van der Waals surface area contributed by atoms with Crippen LogP contribution in [0.15, 0.2) is 5.10 Å². The molecule has 0 aliphatic carbocycles. The lowest BCUT2D eigenvalue weighted by Crippen LogP contribution is -2.56. The van der Waals surface area contributed by atoms with Crippen LogP contribution in [0.3, 0.4) is 0 Å². The first kappa shape index (κ1) is 16.7. The second kappa shape index (κ2) is 6.43. The fourth-order valence-corrected chi connectivity index (χ4v) is 1.93. The fraction of sp³-hybridized carbons (Fsp3) is 0.833. The molecular formula is C12H19F3N2O3. The lowest BCUT2D eigenvalue weighted by atomic mass is 10.0. The Morgan fingerprint density at radius 3 is 2.60 bits per heavy atom. The number of unbranched alkanes of at least 4 members (excludes halogenated alkanes) is 2. The largest absolute Gasteiger partial charge is 0.448 e. The summed E-state index contributed by atoms with van der Waals surface area (Å²) in [4.78, 5) is 11.5. The zero-order valence-electron chi connectivity index (χ0n) is 11.5. The van der Waals surface area contributed by atoms with E-state index in [4.69, 9.17) is 0 Å². The number of carbonyl (C=O) groups excluding carboxylic acids is 1. The van der Waals surface area contributed by atoms with E-state index in [1.165, 1.54) is 6.92 Å². The van der Waals surface area contributed by atoms with E-state index in [1.807, 2.05) is 6.92 Å². The van der Waals surface area contributed by atoms with Crippen molar-refractivity contribution in [1.82, 2.24) is 5.01 Å². The second-order valence-corrected chi connectivity index (χ2v) is 4.63. The number of alkyl halides is 3. The van der Waals surface area contributed by atoms with Gasteiger partial charge in [-0.25, -0.2) is 4.79 Å². The molecule has 0 aromatic carbocycles. The van der Waals surface area contributed by atoms with E-state index >= 15 is 0 Å². The summed E-state index contributed by atoms with van der Waals surface area (Å²) in [7, 11) is 0. The lowest BCUT2D eigenvalue weighted by Gasteiger charge is -2.31. The fourth-order valence-electron chi connectivity index (χ4n) is 1.93. The van der Waals surface area contributed by atoms with E-state index in [9.17, 15) is 23.1 Å². The smallest absolute Gasteiger partial charge is 0.439 e. The maximum absolute atomic E-state index is 13.0. The number of aliphatic hydroxyl groups is 1. The Bertz CT molecular complexity index is 385. The number of nitrogens with zero attached hydrogens (tertiary/aromatic N) is 2. The molecule has 0 spiro atoms. The van der Waals surface area contributed by atoms with Crippen LogP contribution in [-0.4, -0.2) is 40.4 Å². The Balaban J connectivity index is 2.89. The molecule has 1 amide bonds. The van der Waals surface area contributed by atoms with Crippen molar-refractivity contribution in [1.29, 1.82) is 0 Å². The molecular weight excluding hydrogens is 277 g/mol. The molecule has 116 valence electrons. The van der Waals surface area contributed by atoms with Gasteiger partial charge < -0.3 is 9.84 Å². The molecule has 0 radical (unpaired) electrons. The van der Waals surface area contributed by atoms with Gasteiger partial charge in [-0.05, 0) is 19.8 Å². The van der Waals surface area contributed by atoms with Crippen LogP contribution in [0.25, 0.3) is 0 Å². The van der Waals surface area contributed by atoms with Crippen molar-refractivity contribution < 1.29 is 27.8 Å². The normalized spacial score (nSPS) is 22.9. The summed E-state index contributed by atoms with van der Waals surface area (Å²) in [5.74, 6) is 0. The van der Waals surface area contributed by atoms with Crippen LogP contribution >= 0.6 is 0 Å². The standard InChI is InChI=1S/C12H19F3N2O3/c1-3-5-6-7-9-8-11(19,12(13,14)15)17(16-9)10(18)20-4-2/h19H,3-8H2,1-2H3/t11-/m0/s1. The zero-order valence-corrected chi connectivity index (χ0v) is 11.5. The van der Waals surface area contributed by atoms with E-state index < -0.39 is 24.4 Å². The second-order valence-electron chi connectivity index (χ2n) is 4.63. The Morgan fingerprint density at radius 1 is 1.45 bits per heavy atom. The van der Waals surface area contributed by atoms with Crippen molar-refractivity contribution in [2.45, 2.75) is 57.9 Å². The first-order valence-corrected chi connectivity index (χ1v) is 6.58. The highest BCUT2D eigenvalue weighted by Crippen LogP contribution is 2.41. The summed E-state index contributed by atoms with van der Waals surface area (Å²) in [5, 5.41) is 13.4. The van der Waals surface area contributed by atoms with Crippen molar-refractivity contribution in [2.75, 3.05) is 6.61 Å². The number of hydrogen-bond acceptors (Lipinski definition) is 4. The van der Waals surface area contributed by atoms with E-state index in [0.29, 0.717) is 12.8 Å². The van der Waals surface area contributed by atoms with Crippen molar-refractivity contribution in [3.63, 3.8) is 0 Å². The highest BCUT2D eigenvalue weighted by molar-refractivity contribution is 5.89. The summed E-state index contributed by atoms with van der Waals surface area (Å²) in [6.45, 7) is 3.34. The van der Waals surface area contributed by atoms with Gasteiger partial charge in [-0.2, -0.15) is 23.3 Å². The highest BCUT2D eigenvalue weighted by Gasteiger charge is 2.63. The predicted octanol–water partition coefficient (Wildman–Crippen LogP) is 3.04. The molecule has 1 aliphatic rings. The molecule has 20 heavy (non-hydrogen) atoms. The lowest BCUT2D eigenvalue weighted by molar-refractivity contribution is -0.299. The van der Waals surface area contributed by atoms with Gasteiger partial charge in [-0.15, -0.1) is 0 Å². The predicted molar refractivity (Wildman–Crippen MR) is 66.1 cm³/mol. The van der Waals surface area contributed by atoms with Gasteiger partial charge in [0, 0.05) is 12.1 Å². The molecule has 0 fully saturated rings. The van der Waals surface area contributed by atoms with Gasteiger partial charge in [-0.3, -0.25) is 0 Å². The van der Waals surface area contributed by atoms with Crippen LogP contribution < -0.4 is 0 Å². The number of carbonyl (C=O) groups is 1. The number of amides is 1. The van der Waals surface area contributed by atoms with Gasteiger partial charge in [0.1, 0.15) is 0 Å². The molecule has 8 heteroatoms. The van der Waals surface area contributed by atoms with Crippen LogP contribution in [-0.2, 0) is 4.74 Å². The van der Waals surface area contributed by atoms with Gasteiger partial charge >= 0.3 is 12.3 Å². The maximum atomic E-state index is 13.0. The average molecular weight is 296 g/mol. The summed E-state index contributed by atoms with van der Waals surface area (Å²) < 4.78 is 43.5. The molecule has 0 saturated heterocycles. The molecule has 1 rings (SSSR count). The van der Waals surface area contributed by atoms with Crippen molar-refractivity contribution in [3.05, 3.63) is 0 Å². The number of rotatable bonds is 5. The van der Waals surface area contributed by atoms with Crippen LogP contribution in [0.2, 0.25) is 0 Å². The number of hydrazone groups is 1. The van der Waals surface area contributed by atoms with Crippen LogP contribution in [0.5, 0.6) is 0 Å². The van der Waals surface area contributed by atoms with Crippen LogP contribution in [0.4, 0.5) is 18.0 Å². The molecule has 0 aromatic rings. The molecule has 1 N–H and O–H groups in total. The van der Waals surface area contributed by atoms with E-state index in [0.717, 1.165) is 12.8 Å². The number of ether oxygens (including phenoxy) is 1. The minimum atomic E-state index is -4.99. The van der Waals surface area contributed by atoms with E-state index in [2.05, 4.69) is 9.84 Å². The van der Waals surface area contributed by atoms with Gasteiger partial charge in [0.15, 0.2) is 0 Å². The van der Waals surface area contributed by atoms with Crippen molar-refractivity contribution in [3.8, 4) is 0 Å². The molecule has 0 unspecified atom stereocenters. The van der Waals surface area contributed by atoms with Gasteiger partial charge in [0.05, 0.1) is 6.61 Å². The topological polar surface area (TPSA) is 62.1 Å².